The molecule has 0 N–H and O–H groups in total. The highest BCUT2D eigenvalue weighted by Crippen LogP contribution is 2.17. The summed E-state index contributed by atoms with van der Waals surface area (Å²) >= 11 is 0. The molecule has 1 unspecified atom stereocenters. The van der Waals surface area contributed by atoms with Crippen LogP contribution in [-0.2, 0) is 28.6 Å². The summed E-state index contributed by atoms with van der Waals surface area (Å²) in [5, 5.41) is 0. The molecule has 0 amide bonds. The average molecular weight is 1150 g/mol. The Bertz CT molecular complexity index is 1660. The Kier molecular flexibility index (Phi) is 67.2. The number of unbranched alkanes of at least 4 members (excludes halogenated alkanes) is 35. The molecule has 0 saturated carbocycles. The fourth-order valence-corrected chi connectivity index (χ4v) is 9.94. The highest BCUT2D eigenvalue weighted by atomic mass is 16.6. The van der Waals surface area contributed by atoms with Crippen molar-refractivity contribution in [2.24, 2.45) is 0 Å². The number of esters is 3. The lowest BCUT2D eigenvalue weighted by Crippen LogP contribution is -2.30. The Hall–Kier alpha value is -3.93. The lowest BCUT2D eigenvalue weighted by atomic mass is 10.0. The van der Waals surface area contributed by atoms with Crippen LogP contribution in [0.5, 0.6) is 0 Å². The summed E-state index contributed by atoms with van der Waals surface area (Å²) in [6.07, 6.45) is 96.7. The Labute approximate surface area is 514 Å². The summed E-state index contributed by atoms with van der Waals surface area (Å²) < 4.78 is 17.0. The SMILES string of the molecule is CC/C=C\C/C=C\C/C=C\C/C=C\C/C=C\CCCCCCCCCCCCCC(=O)OCC(COC(=O)CCCCCCCCC/C=C\C/C=C\CCCCC)OC(=O)CCCCCCCCCCC/C=C\C/C=C\CCCCCCC. The number of ether oxygens (including phenoxy) is 3. The van der Waals surface area contributed by atoms with Crippen molar-refractivity contribution in [1.29, 1.82) is 0 Å². The van der Waals surface area contributed by atoms with Gasteiger partial charge in [0.2, 0.25) is 0 Å². The molecule has 0 aliphatic carbocycles. The van der Waals surface area contributed by atoms with Gasteiger partial charge in [0.25, 0.3) is 0 Å². The molecular weight excluding hydrogens is 1020 g/mol. The van der Waals surface area contributed by atoms with Crippen LogP contribution in [-0.4, -0.2) is 37.2 Å². The molecule has 0 aromatic heterocycles. The molecule has 0 aromatic carbocycles. The molecular formula is C77H132O6. The fourth-order valence-electron chi connectivity index (χ4n) is 9.94. The molecule has 0 rings (SSSR count). The second-order valence-electron chi connectivity index (χ2n) is 23.4. The van der Waals surface area contributed by atoms with Gasteiger partial charge in [-0.15, -0.1) is 0 Å². The number of carbonyl (C=O) groups excluding carboxylic acids is 3. The van der Waals surface area contributed by atoms with Crippen LogP contribution in [0, 0.1) is 0 Å². The summed E-state index contributed by atoms with van der Waals surface area (Å²) in [4.78, 5) is 38.5. The van der Waals surface area contributed by atoms with E-state index in [4.69, 9.17) is 14.2 Å². The van der Waals surface area contributed by atoms with E-state index in [1.807, 2.05) is 0 Å². The standard InChI is InChI=1S/C77H132O6/c1-4-7-10-13-16-19-22-25-28-31-33-35-36-37-38-39-40-42-43-46-49-52-55-58-61-64-67-70-76(79)82-73-74(72-81-75(78)69-66-63-60-57-54-51-48-45-30-27-24-21-18-15-12-9-6-3)83-77(80)71-68-65-62-59-56-53-50-47-44-41-34-32-29-26-23-20-17-14-11-8-5-2/h7,10,16,18-19,21,23,25-28,30,32-35,37-38,74H,4-6,8-9,11-15,17,20,22,24,29,31,36,39-73H2,1-3H3/b10-7-,19-16-,21-18-,26-23-,28-25-,30-27-,34-32-,35-33-,38-37-. The Balaban J connectivity index is 4.36. The third-order valence-corrected chi connectivity index (χ3v) is 15.2. The van der Waals surface area contributed by atoms with E-state index < -0.39 is 6.10 Å². The van der Waals surface area contributed by atoms with Crippen LogP contribution in [0.1, 0.15) is 342 Å². The van der Waals surface area contributed by atoms with Crippen molar-refractivity contribution in [1.82, 2.24) is 0 Å². The molecule has 1 atom stereocenters. The number of rotatable bonds is 64. The topological polar surface area (TPSA) is 78.9 Å². The van der Waals surface area contributed by atoms with Gasteiger partial charge in [-0.05, 0) is 128 Å². The van der Waals surface area contributed by atoms with Crippen LogP contribution in [0.3, 0.4) is 0 Å². The van der Waals surface area contributed by atoms with Crippen molar-refractivity contribution in [3.05, 3.63) is 109 Å². The first kappa shape index (κ1) is 79.1. The van der Waals surface area contributed by atoms with Gasteiger partial charge in [-0.2, -0.15) is 0 Å². The zero-order valence-corrected chi connectivity index (χ0v) is 54.7. The van der Waals surface area contributed by atoms with Gasteiger partial charge in [0, 0.05) is 19.3 Å². The maximum Gasteiger partial charge on any atom is 0.306 e. The number of hydrogen-bond acceptors (Lipinski definition) is 6. The van der Waals surface area contributed by atoms with Crippen LogP contribution in [0.25, 0.3) is 0 Å². The summed E-state index contributed by atoms with van der Waals surface area (Å²) in [7, 11) is 0. The van der Waals surface area contributed by atoms with Crippen LogP contribution in [0.15, 0.2) is 109 Å². The Morgan fingerprint density at radius 1 is 0.253 bits per heavy atom. The maximum atomic E-state index is 13.0. The van der Waals surface area contributed by atoms with Crippen molar-refractivity contribution in [3.8, 4) is 0 Å². The molecule has 6 nitrogen and oxygen atoms in total. The lowest BCUT2D eigenvalue weighted by molar-refractivity contribution is -0.167. The van der Waals surface area contributed by atoms with Crippen molar-refractivity contribution in [3.63, 3.8) is 0 Å². The third-order valence-electron chi connectivity index (χ3n) is 15.2. The van der Waals surface area contributed by atoms with E-state index in [1.54, 1.807) is 0 Å². The quantitative estimate of drug-likeness (QED) is 0.0261. The Morgan fingerprint density at radius 3 is 0.759 bits per heavy atom. The predicted octanol–water partition coefficient (Wildman–Crippen LogP) is 24.6. The predicted molar refractivity (Wildman–Crippen MR) is 362 cm³/mol. The van der Waals surface area contributed by atoms with Gasteiger partial charge in [-0.3, -0.25) is 14.4 Å². The van der Waals surface area contributed by atoms with Crippen molar-refractivity contribution in [2.45, 2.75) is 348 Å². The van der Waals surface area contributed by atoms with Crippen LogP contribution in [0.4, 0.5) is 0 Å². The van der Waals surface area contributed by atoms with Crippen molar-refractivity contribution < 1.29 is 28.6 Å². The van der Waals surface area contributed by atoms with Crippen LogP contribution >= 0.6 is 0 Å². The summed E-state index contributed by atoms with van der Waals surface area (Å²) in [6, 6.07) is 0. The fraction of sp³-hybridized carbons (Fsp3) is 0.727. The van der Waals surface area contributed by atoms with E-state index >= 15 is 0 Å². The number of carbonyl (C=O) groups is 3. The molecule has 6 heteroatoms. The van der Waals surface area contributed by atoms with Gasteiger partial charge in [-0.25, -0.2) is 0 Å². The normalized spacial score (nSPS) is 12.8. The molecule has 0 heterocycles. The maximum absolute atomic E-state index is 13.0. The number of allylic oxidation sites excluding steroid dienone is 18. The van der Waals surface area contributed by atoms with E-state index in [-0.39, 0.29) is 31.1 Å². The van der Waals surface area contributed by atoms with Crippen LogP contribution < -0.4 is 0 Å². The molecule has 0 aromatic rings. The zero-order valence-electron chi connectivity index (χ0n) is 54.7. The smallest absolute Gasteiger partial charge is 0.306 e. The minimum absolute atomic E-state index is 0.0832. The molecule has 0 fully saturated rings. The van der Waals surface area contributed by atoms with Crippen molar-refractivity contribution >= 4 is 17.9 Å². The van der Waals surface area contributed by atoms with E-state index in [2.05, 4.69) is 130 Å². The minimum atomic E-state index is -0.789. The Morgan fingerprint density at radius 2 is 0.470 bits per heavy atom. The number of hydrogen-bond donors (Lipinski definition) is 0. The molecule has 0 bridgehead atoms. The highest BCUT2D eigenvalue weighted by molar-refractivity contribution is 5.71. The lowest BCUT2D eigenvalue weighted by Gasteiger charge is -2.18. The molecule has 83 heavy (non-hydrogen) atoms. The molecule has 0 aliphatic rings. The van der Waals surface area contributed by atoms with Gasteiger partial charge in [-0.1, -0.05) is 304 Å². The molecule has 0 saturated heterocycles. The average Bonchev–Trinajstić information content (AvgIpc) is 3.49. The largest absolute Gasteiger partial charge is 0.462 e. The summed E-state index contributed by atoms with van der Waals surface area (Å²) in [6.45, 7) is 6.52. The second kappa shape index (κ2) is 70.6. The zero-order chi connectivity index (χ0) is 59.9. The van der Waals surface area contributed by atoms with E-state index in [1.165, 1.54) is 193 Å². The van der Waals surface area contributed by atoms with E-state index in [0.29, 0.717) is 19.3 Å². The summed E-state index contributed by atoms with van der Waals surface area (Å²) in [5.41, 5.74) is 0. The van der Waals surface area contributed by atoms with Gasteiger partial charge < -0.3 is 14.2 Å². The molecule has 0 aliphatic heterocycles. The monoisotopic (exact) mass is 1150 g/mol. The summed E-state index contributed by atoms with van der Waals surface area (Å²) in [5.74, 6) is -0.884. The highest BCUT2D eigenvalue weighted by Gasteiger charge is 2.19. The minimum Gasteiger partial charge on any atom is -0.462 e. The van der Waals surface area contributed by atoms with E-state index in [9.17, 15) is 14.4 Å². The van der Waals surface area contributed by atoms with Gasteiger partial charge >= 0.3 is 17.9 Å². The third kappa shape index (κ3) is 68.7. The second-order valence-corrected chi connectivity index (χ2v) is 23.4. The van der Waals surface area contributed by atoms with Crippen molar-refractivity contribution in [2.75, 3.05) is 13.2 Å². The van der Waals surface area contributed by atoms with Gasteiger partial charge in [0.05, 0.1) is 0 Å². The van der Waals surface area contributed by atoms with Gasteiger partial charge in [0.15, 0.2) is 6.10 Å². The molecule has 476 valence electrons. The van der Waals surface area contributed by atoms with Gasteiger partial charge in [0.1, 0.15) is 13.2 Å². The molecule has 0 radical (unpaired) electrons. The first-order valence-corrected chi connectivity index (χ1v) is 35.4. The first-order chi connectivity index (χ1) is 41.0. The molecule has 0 spiro atoms. The first-order valence-electron chi connectivity index (χ1n) is 35.4. The van der Waals surface area contributed by atoms with E-state index in [0.717, 1.165) is 109 Å². The van der Waals surface area contributed by atoms with Crippen LogP contribution in [0.2, 0.25) is 0 Å².